The number of rotatable bonds is 9. The zero-order chi connectivity index (χ0) is 15.9. The highest BCUT2D eigenvalue weighted by Crippen LogP contribution is 2.62. The molecule has 8 heteroatoms. The Hall–Kier alpha value is 1.50. The lowest BCUT2D eigenvalue weighted by atomic mass is 10.3. The fraction of sp³-hybridized carbons (Fsp3) is 0.714. The first-order valence-electron chi connectivity index (χ1n) is 7.33. The summed E-state index contributed by atoms with van der Waals surface area (Å²) in [5, 5.41) is 18.2. The van der Waals surface area contributed by atoms with Crippen LogP contribution in [0.4, 0.5) is 0 Å². The lowest BCUT2D eigenvalue weighted by molar-refractivity contribution is 0.322. The average Bonchev–Trinajstić information content (AvgIpc) is 3.14. The minimum atomic E-state index is 0.219. The molecule has 0 aromatic rings. The number of allylic oxidation sites excluding steroid dienone is 2. The number of thioether (sulfide) groups is 6. The molecule has 2 heterocycles. The van der Waals surface area contributed by atoms with Gasteiger partial charge in [0.25, 0.3) is 0 Å². The third-order valence-electron chi connectivity index (χ3n) is 2.95. The number of hydrogen-bond acceptors (Lipinski definition) is 8. The molecule has 0 radical (unpaired) electrons. The van der Waals surface area contributed by atoms with E-state index >= 15 is 0 Å². The van der Waals surface area contributed by atoms with Gasteiger partial charge >= 0.3 is 0 Å². The topological polar surface area (TPSA) is 40.5 Å². The van der Waals surface area contributed by atoms with Crippen LogP contribution in [-0.2, 0) is 0 Å². The summed E-state index contributed by atoms with van der Waals surface area (Å²) >= 11 is 11.5. The van der Waals surface area contributed by atoms with E-state index in [4.69, 9.17) is 10.2 Å². The first kappa shape index (κ1) is 19.8. The monoisotopic (exact) mass is 414 g/mol. The molecule has 0 amide bonds. The van der Waals surface area contributed by atoms with Gasteiger partial charge < -0.3 is 10.2 Å². The predicted octanol–water partition coefficient (Wildman–Crippen LogP) is 5.21. The molecule has 0 atom stereocenters. The van der Waals surface area contributed by atoms with Gasteiger partial charge in [0.2, 0.25) is 0 Å². The Balaban J connectivity index is 1.96. The van der Waals surface area contributed by atoms with Crippen LogP contribution in [0, 0.1) is 0 Å². The molecule has 2 aliphatic rings. The van der Waals surface area contributed by atoms with Crippen molar-refractivity contribution in [1.82, 2.24) is 0 Å². The molecule has 0 spiro atoms. The second kappa shape index (κ2) is 10.5. The van der Waals surface area contributed by atoms with Crippen molar-refractivity contribution < 1.29 is 10.2 Å². The molecule has 0 aliphatic carbocycles. The van der Waals surface area contributed by atoms with Crippen molar-refractivity contribution in [2.45, 2.75) is 35.9 Å². The van der Waals surface area contributed by atoms with E-state index < -0.39 is 0 Å². The molecule has 126 valence electrons. The zero-order valence-corrected chi connectivity index (χ0v) is 17.6. The van der Waals surface area contributed by atoms with E-state index in [0.717, 1.165) is 24.3 Å². The van der Waals surface area contributed by atoms with Gasteiger partial charge in [-0.05, 0) is 22.7 Å². The molecule has 0 aromatic heterocycles. The molecule has 2 nitrogen and oxygen atoms in total. The van der Waals surface area contributed by atoms with E-state index in [1.54, 1.807) is 33.3 Å². The van der Waals surface area contributed by atoms with Crippen LogP contribution >= 0.6 is 70.6 Å². The van der Waals surface area contributed by atoms with Gasteiger partial charge in [-0.15, -0.1) is 70.6 Å². The minimum Gasteiger partial charge on any atom is -0.396 e. The first-order valence-corrected chi connectivity index (χ1v) is 12.8. The van der Waals surface area contributed by atoms with Crippen LogP contribution in [-0.4, -0.2) is 44.1 Å². The third-order valence-corrected chi connectivity index (χ3v) is 12.9. The molecule has 2 N–H and O–H groups in total. The van der Waals surface area contributed by atoms with Crippen molar-refractivity contribution in [3.8, 4) is 0 Å². The molecule has 0 saturated carbocycles. The van der Waals surface area contributed by atoms with Crippen LogP contribution in [0.5, 0.6) is 0 Å². The van der Waals surface area contributed by atoms with Crippen LogP contribution < -0.4 is 0 Å². The maximum atomic E-state index is 9.08. The van der Waals surface area contributed by atoms with Crippen molar-refractivity contribution in [1.29, 1.82) is 0 Å². The summed E-state index contributed by atoms with van der Waals surface area (Å²) in [6.45, 7) is 4.94. The normalized spacial score (nSPS) is 20.7. The summed E-state index contributed by atoms with van der Waals surface area (Å²) in [4.78, 5) is 3.14. The van der Waals surface area contributed by atoms with Gasteiger partial charge in [-0.2, -0.15) is 0 Å². The summed E-state index contributed by atoms with van der Waals surface area (Å²) < 4.78 is 3.79. The molecule has 0 unspecified atom stereocenters. The Morgan fingerprint density at radius 2 is 1.18 bits per heavy atom. The van der Waals surface area contributed by atoms with E-state index in [1.165, 1.54) is 8.47 Å². The lowest BCUT2D eigenvalue weighted by Crippen LogP contribution is -2.07. The van der Waals surface area contributed by atoms with Gasteiger partial charge in [0, 0.05) is 11.5 Å². The molecule has 0 fully saturated rings. The maximum absolute atomic E-state index is 9.08. The smallest absolute Gasteiger partial charge is 0.0824 e. The first-order chi connectivity index (χ1) is 10.7. The fourth-order valence-corrected chi connectivity index (χ4v) is 11.9. The molecule has 0 saturated heterocycles. The Kier molecular flexibility index (Phi) is 9.44. The molecule has 2 rings (SSSR count). The molecule has 2 aliphatic heterocycles. The summed E-state index contributed by atoms with van der Waals surface area (Å²) in [6.07, 6.45) is 2.29. The molecule has 22 heavy (non-hydrogen) atoms. The second-order valence-electron chi connectivity index (χ2n) is 4.48. The largest absolute Gasteiger partial charge is 0.396 e. The van der Waals surface area contributed by atoms with Crippen molar-refractivity contribution in [3.63, 3.8) is 0 Å². The molecular weight excluding hydrogens is 393 g/mol. The zero-order valence-electron chi connectivity index (χ0n) is 12.7. The Labute approximate surface area is 158 Å². The SMILES string of the molecule is CCC1=C(CC)SC(C2SC(SCCO)=C(SCCO)S2)S1. The standard InChI is InChI=1S/C14H22O2S6/c1-3-9-10(4-2)20-13(19-9)14-21-11(17-7-5-15)12(22-14)18-8-6-16/h13-16H,3-8H2,1-2H3. The predicted molar refractivity (Wildman–Crippen MR) is 112 cm³/mol. The molecular formula is C14H22O2S6. The van der Waals surface area contributed by atoms with Crippen molar-refractivity contribution >= 4 is 70.6 Å². The quantitative estimate of drug-likeness (QED) is 0.533. The van der Waals surface area contributed by atoms with E-state index in [0.29, 0.717) is 9.16 Å². The lowest BCUT2D eigenvalue weighted by Gasteiger charge is -2.16. The van der Waals surface area contributed by atoms with Gasteiger partial charge in [0.1, 0.15) is 0 Å². The van der Waals surface area contributed by atoms with Gasteiger partial charge in [0.15, 0.2) is 0 Å². The minimum absolute atomic E-state index is 0.219. The Morgan fingerprint density at radius 3 is 1.55 bits per heavy atom. The number of aliphatic hydroxyl groups excluding tert-OH is 2. The van der Waals surface area contributed by atoms with E-state index in [1.807, 2.05) is 47.0 Å². The highest BCUT2D eigenvalue weighted by atomic mass is 32.3. The highest BCUT2D eigenvalue weighted by Gasteiger charge is 2.37. The fourth-order valence-electron chi connectivity index (χ4n) is 2.01. The van der Waals surface area contributed by atoms with Crippen LogP contribution in [0.25, 0.3) is 0 Å². The third kappa shape index (κ3) is 5.25. The van der Waals surface area contributed by atoms with Gasteiger partial charge in [0.05, 0.1) is 30.9 Å². The van der Waals surface area contributed by atoms with Gasteiger partial charge in [-0.3, -0.25) is 0 Å². The van der Waals surface area contributed by atoms with Gasteiger partial charge in [-0.1, -0.05) is 13.8 Å². The summed E-state index contributed by atoms with van der Waals surface area (Å²) in [5.74, 6) is 1.50. The van der Waals surface area contributed by atoms with Crippen LogP contribution in [0.2, 0.25) is 0 Å². The van der Waals surface area contributed by atoms with Crippen molar-refractivity contribution in [2.24, 2.45) is 0 Å². The van der Waals surface area contributed by atoms with Crippen LogP contribution in [0.15, 0.2) is 18.3 Å². The average molecular weight is 415 g/mol. The van der Waals surface area contributed by atoms with E-state index in [9.17, 15) is 0 Å². The Bertz CT molecular complexity index is 401. The number of hydrogen-bond donors (Lipinski definition) is 2. The summed E-state index contributed by atoms with van der Waals surface area (Å²) in [7, 11) is 0. The number of aliphatic hydroxyl groups is 2. The maximum Gasteiger partial charge on any atom is 0.0824 e. The Morgan fingerprint density at radius 1 is 0.773 bits per heavy atom. The van der Waals surface area contributed by atoms with Crippen LogP contribution in [0.1, 0.15) is 26.7 Å². The van der Waals surface area contributed by atoms with E-state index in [-0.39, 0.29) is 13.2 Å². The van der Waals surface area contributed by atoms with Crippen LogP contribution in [0.3, 0.4) is 0 Å². The van der Waals surface area contributed by atoms with E-state index in [2.05, 4.69) is 13.8 Å². The highest BCUT2D eigenvalue weighted by molar-refractivity contribution is 8.39. The van der Waals surface area contributed by atoms with Crippen molar-refractivity contribution in [2.75, 3.05) is 24.7 Å². The second-order valence-corrected chi connectivity index (χ2v) is 12.6. The molecule has 0 bridgehead atoms. The van der Waals surface area contributed by atoms with Gasteiger partial charge in [-0.25, -0.2) is 0 Å². The molecule has 0 aromatic carbocycles. The van der Waals surface area contributed by atoms with Crippen molar-refractivity contribution in [3.05, 3.63) is 18.3 Å². The summed E-state index contributed by atoms with van der Waals surface area (Å²) in [6, 6.07) is 0. The summed E-state index contributed by atoms with van der Waals surface area (Å²) in [5.41, 5.74) is 0.